The summed E-state index contributed by atoms with van der Waals surface area (Å²) in [7, 11) is 0. The molecule has 7 nitrogen and oxygen atoms in total. The second-order valence-electron chi connectivity index (χ2n) is 5.47. The van der Waals surface area contributed by atoms with Gasteiger partial charge in [-0.2, -0.15) is 0 Å². The Balaban J connectivity index is 1.96. The van der Waals surface area contributed by atoms with Crippen LogP contribution < -0.4 is 10.6 Å². The molecule has 0 radical (unpaired) electrons. The molecule has 0 spiro atoms. The third kappa shape index (κ3) is 6.58. The number of imide groups is 1. The van der Waals surface area contributed by atoms with E-state index >= 15 is 0 Å². The molecule has 138 valence electrons. The van der Waals surface area contributed by atoms with E-state index < -0.39 is 30.3 Å². The van der Waals surface area contributed by atoms with Crippen LogP contribution in [-0.2, 0) is 19.1 Å². The molecular formula is C20H18N2O5. The predicted molar refractivity (Wildman–Crippen MR) is 98.1 cm³/mol. The fourth-order valence-electron chi connectivity index (χ4n) is 2.08. The van der Waals surface area contributed by atoms with Crippen molar-refractivity contribution in [2.24, 2.45) is 0 Å². The molecule has 0 unspecified atom stereocenters. The summed E-state index contributed by atoms with van der Waals surface area (Å²) in [4.78, 5) is 47.2. The van der Waals surface area contributed by atoms with E-state index in [1.807, 2.05) is 6.07 Å². The van der Waals surface area contributed by atoms with Gasteiger partial charge in [0.05, 0.1) is 0 Å². The summed E-state index contributed by atoms with van der Waals surface area (Å²) in [6.07, 6.45) is 1.43. The maximum Gasteiger partial charge on any atom is 0.355 e. The van der Waals surface area contributed by atoms with Crippen molar-refractivity contribution in [2.75, 3.05) is 6.61 Å². The largest absolute Gasteiger partial charge is 0.451 e. The molecule has 3 amide bonds. The highest BCUT2D eigenvalue weighted by atomic mass is 16.5. The van der Waals surface area contributed by atoms with Gasteiger partial charge in [-0.15, -0.1) is 0 Å². The molecule has 0 heterocycles. The van der Waals surface area contributed by atoms with Gasteiger partial charge in [-0.25, -0.2) is 4.79 Å². The van der Waals surface area contributed by atoms with Crippen molar-refractivity contribution in [1.82, 2.24) is 10.6 Å². The van der Waals surface area contributed by atoms with E-state index in [2.05, 4.69) is 10.6 Å². The third-order valence-corrected chi connectivity index (χ3v) is 3.26. The monoisotopic (exact) mass is 366 g/mol. The van der Waals surface area contributed by atoms with Crippen molar-refractivity contribution in [2.45, 2.75) is 6.92 Å². The van der Waals surface area contributed by atoms with Gasteiger partial charge in [-0.1, -0.05) is 48.5 Å². The molecule has 2 N–H and O–H groups in total. The highest BCUT2D eigenvalue weighted by Crippen LogP contribution is 2.06. The van der Waals surface area contributed by atoms with E-state index in [9.17, 15) is 19.2 Å². The standard InChI is InChI=1S/C20H18N2O5/c1-14(23)21-17(12-15-8-4-2-5-9-15)20(26)27-13-18(24)22-19(25)16-10-6-3-7-11-16/h2-12H,13H2,1H3,(H,21,23)(H,22,24,25)/b17-12+. The lowest BCUT2D eigenvalue weighted by Gasteiger charge is -2.09. The van der Waals surface area contributed by atoms with Gasteiger partial charge >= 0.3 is 5.97 Å². The van der Waals surface area contributed by atoms with Crippen LogP contribution in [0.1, 0.15) is 22.8 Å². The number of nitrogens with one attached hydrogen (secondary N) is 2. The summed E-state index contributed by atoms with van der Waals surface area (Å²) >= 11 is 0. The van der Waals surface area contributed by atoms with E-state index in [1.165, 1.54) is 13.0 Å². The van der Waals surface area contributed by atoms with Crippen LogP contribution in [0.15, 0.2) is 66.4 Å². The molecule has 2 aromatic carbocycles. The van der Waals surface area contributed by atoms with Gasteiger partial charge < -0.3 is 10.1 Å². The molecule has 27 heavy (non-hydrogen) atoms. The number of esters is 1. The normalized spacial score (nSPS) is 10.6. The van der Waals surface area contributed by atoms with Crippen LogP contribution in [0.3, 0.4) is 0 Å². The number of hydrogen-bond acceptors (Lipinski definition) is 5. The minimum absolute atomic E-state index is 0.115. The summed E-state index contributed by atoms with van der Waals surface area (Å²) in [5.74, 6) is -2.73. The molecule has 2 rings (SSSR count). The Kier molecular flexibility index (Phi) is 7.01. The fraction of sp³-hybridized carbons (Fsp3) is 0.100. The van der Waals surface area contributed by atoms with Crippen LogP contribution in [0.2, 0.25) is 0 Å². The zero-order valence-corrected chi connectivity index (χ0v) is 14.6. The topological polar surface area (TPSA) is 102 Å². The number of rotatable bonds is 6. The molecular weight excluding hydrogens is 348 g/mol. The average molecular weight is 366 g/mol. The van der Waals surface area contributed by atoms with Crippen molar-refractivity contribution < 1.29 is 23.9 Å². The smallest absolute Gasteiger partial charge is 0.355 e. The molecule has 0 bridgehead atoms. The van der Waals surface area contributed by atoms with Gasteiger partial charge in [0.25, 0.3) is 11.8 Å². The number of amides is 3. The molecule has 0 saturated carbocycles. The lowest BCUT2D eigenvalue weighted by Crippen LogP contribution is -2.35. The lowest BCUT2D eigenvalue weighted by atomic mass is 10.2. The molecule has 0 fully saturated rings. The number of carbonyl (C=O) groups is 4. The van der Waals surface area contributed by atoms with Crippen LogP contribution >= 0.6 is 0 Å². The van der Waals surface area contributed by atoms with Gasteiger partial charge in [0.15, 0.2) is 6.61 Å². The summed E-state index contributed by atoms with van der Waals surface area (Å²) < 4.78 is 4.89. The quantitative estimate of drug-likeness (QED) is 0.598. The van der Waals surface area contributed by atoms with Crippen molar-refractivity contribution in [3.8, 4) is 0 Å². The molecule has 0 aliphatic carbocycles. The molecule has 0 saturated heterocycles. The maximum absolute atomic E-state index is 12.2. The Morgan fingerprint density at radius 2 is 1.48 bits per heavy atom. The Bertz CT molecular complexity index is 860. The fourth-order valence-corrected chi connectivity index (χ4v) is 2.08. The first kappa shape index (κ1) is 19.6. The maximum atomic E-state index is 12.2. The Labute approximate surface area is 156 Å². The van der Waals surface area contributed by atoms with Crippen molar-refractivity contribution in [3.05, 3.63) is 77.5 Å². The number of carbonyl (C=O) groups excluding carboxylic acids is 4. The van der Waals surface area contributed by atoms with Gasteiger partial charge in [-0.3, -0.25) is 19.7 Å². The highest BCUT2D eigenvalue weighted by molar-refractivity contribution is 6.05. The summed E-state index contributed by atoms with van der Waals surface area (Å²) in [5, 5.41) is 4.49. The molecule has 0 atom stereocenters. The zero-order valence-electron chi connectivity index (χ0n) is 14.6. The van der Waals surface area contributed by atoms with Gasteiger partial charge in [-0.05, 0) is 23.8 Å². The molecule has 7 heteroatoms. The Hall–Kier alpha value is -3.74. The summed E-state index contributed by atoms with van der Waals surface area (Å²) in [5.41, 5.74) is 0.859. The second kappa shape index (κ2) is 9.67. The van der Waals surface area contributed by atoms with Crippen LogP contribution in [0, 0.1) is 0 Å². The second-order valence-corrected chi connectivity index (χ2v) is 5.47. The number of ether oxygens (including phenoxy) is 1. The minimum Gasteiger partial charge on any atom is -0.451 e. The van der Waals surface area contributed by atoms with Crippen molar-refractivity contribution >= 4 is 29.8 Å². The van der Waals surface area contributed by atoms with Crippen molar-refractivity contribution in [1.29, 1.82) is 0 Å². The first-order valence-corrected chi connectivity index (χ1v) is 8.06. The number of hydrogen-bond donors (Lipinski definition) is 2. The van der Waals surface area contributed by atoms with E-state index in [4.69, 9.17) is 4.74 Å². The van der Waals surface area contributed by atoms with Crippen molar-refractivity contribution in [3.63, 3.8) is 0 Å². The zero-order chi connectivity index (χ0) is 19.6. The molecule has 0 aliphatic heterocycles. The van der Waals surface area contributed by atoms with E-state index in [0.29, 0.717) is 11.1 Å². The van der Waals surface area contributed by atoms with Crippen LogP contribution in [-0.4, -0.2) is 30.3 Å². The summed E-state index contributed by atoms with van der Waals surface area (Å²) in [6, 6.07) is 17.0. The molecule has 2 aromatic rings. The van der Waals surface area contributed by atoms with Gasteiger partial charge in [0, 0.05) is 12.5 Å². The van der Waals surface area contributed by atoms with Gasteiger partial charge in [0.1, 0.15) is 5.70 Å². The number of benzene rings is 2. The van der Waals surface area contributed by atoms with Crippen LogP contribution in [0.5, 0.6) is 0 Å². The summed E-state index contributed by atoms with van der Waals surface area (Å²) in [6.45, 7) is 0.584. The Morgan fingerprint density at radius 3 is 2.07 bits per heavy atom. The van der Waals surface area contributed by atoms with Gasteiger partial charge in [0.2, 0.25) is 5.91 Å². The Morgan fingerprint density at radius 1 is 0.889 bits per heavy atom. The average Bonchev–Trinajstić information content (AvgIpc) is 2.66. The minimum atomic E-state index is -0.892. The molecule has 0 aliphatic rings. The lowest BCUT2D eigenvalue weighted by molar-refractivity contribution is -0.145. The molecule has 0 aromatic heterocycles. The van der Waals surface area contributed by atoms with E-state index in [0.717, 1.165) is 0 Å². The first-order valence-electron chi connectivity index (χ1n) is 8.06. The van der Waals surface area contributed by atoms with E-state index in [-0.39, 0.29) is 5.70 Å². The third-order valence-electron chi connectivity index (χ3n) is 3.26. The van der Waals surface area contributed by atoms with Crippen LogP contribution in [0.25, 0.3) is 6.08 Å². The van der Waals surface area contributed by atoms with E-state index in [1.54, 1.807) is 54.6 Å². The first-order chi connectivity index (χ1) is 13.0. The highest BCUT2D eigenvalue weighted by Gasteiger charge is 2.16. The predicted octanol–water partition coefficient (Wildman–Crippen LogP) is 1.66. The SMILES string of the molecule is CC(=O)N/C(=C/c1ccccc1)C(=O)OCC(=O)NC(=O)c1ccccc1. The van der Waals surface area contributed by atoms with Crippen LogP contribution in [0.4, 0.5) is 0 Å².